The highest BCUT2D eigenvalue weighted by Gasteiger charge is 2.11. The minimum atomic E-state index is -0.609. The Morgan fingerprint density at radius 2 is 1.94 bits per heavy atom. The molecule has 1 rings (SSSR count). The van der Waals surface area contributed by atoms with E-state index in [1.165, 1.54) is 0 Å². The van der Waals surface area contributed by atoms with E-state index in [0.29, 0.717) is 0 Å². The first kappa shape index (κ1) is 13.0. The molecule has 1 aromatic rings. The predicted octanol–water partition coefficient (Wildman–Crippen LogP) is 1.51. The summed E-state index contributed by atoms with van der Waals surface area (Å²) in [5.41, 5.74) is 6.28. The molecule has 0 atom stereocenters. The van der Waals surface area contributed by atoms with Crippen molar-refractivity contribution in [1.82, 2.24) is 0 Å². The first-order chi connectivity index (χ1) is 8.13. The van der Waals surface area contributed by atoms with Gasteiger partial charge in [-0.25, -0.2) is 0 Å². The summed E-state index contributed by atoms with van der Waals surface area (Å²) in [7, 11) is 0. The molecule has 90 valence electrons. The molecule has 0 aromatic heterocycles. The molecule has 0 saturated carbocycles. The van der Waals surface area contributed by atoms with Crippen LogP contribution in [0.3, 0.4) is 0 Å². The Morgan fingerprint density at radius 1 is 1.29 bits per heavy atom. The summed E-state index contributed by atoms with van der Waals surface area (Å²) in [6, 6.07) is 9.21. The van der Waals surface area contributed by atoms with Crippen molar-refractivity contribution in [3.05, 3.63) is 41.5 Å². The van der Waals surface area contributed by atoms with Gasteiger partial charge < -0.3 is 10.5 Å². The van der Waals surface area contributed by atoms with E-state index in [4.69, 9.17) is 10.5 Å². The summed E-state index contributed by atoms with van der Waals surface area (Å²) < 4.78 is 4.77. The number of benzene rings is 1. The maximum absolute atomic E-state index is 11.3. The average Bonchev–Trinajstić information content (AvgIpc) is 2.29. The van der Waals surface area contributed by atoms with Gasteiger partial charge in [0.15, 0.2) is 0 Å². The second kappa shape index (κ2) is 6.48. The van der Waals surface area contributed by atoms with E-state index >= 15 is 0 Å². The molecular weight excluding hydrogens is 218 g/mol. The van der Waals surface area contributed by atoms with Gasteiger partial charge in [-0.1, -0.05) is 30.3 Å². The number of carbonyl (C=O) groups is 2. The fourth-order valence-corrected chi connectivity index (χ4v) is 1.33. The van der Waals surface area contributed by atoms with Gasteiger partial charge in [0.2, 0.25) is 5.91 Å². The zero-order valence-electron chi connectivity index (χ0n) is 9.68. The van der Waals surface area contributed by atoms with E-state index in [2.05, 4.69) is 0 Å². The number of hydrogen-bond acceptors (Lipinski definition) is 3. The fraction of sp³-hybridized carbons (Fsp3) is 0.231. The number of primary amides is 1. The Bertz CT molecular complexity index is 424. The van der Waals surface area contributed by atoms with Crippen molar-refractivity contribution in [2.75, 3.05) is 6.61 Å². The van der Waals surface area contributed by atoms with E-state index in [9.17, 15) is 9.59 Å². The number of amides is 1. The van der Waals surface area contributed by atoms with E-state index in [0.717, 1.165) is 5.56 Å². The highest BCUT2D eigenvalue weighted by Crippen LogP contribution is 2.10. The molecule has 0 aliphatic heterocycles. The lowest BCUT2D eigenvalue weighted by Crippen LogP contribution is -2.17. The third-order valence-corrected chi connectivity index (χ3v) is 2.10. The minimum absolute atomic E-state index is 0.0991. The molecular formula is C13H15NO3. The maximum atomic E-state index is 11.3. The topological polar surface area (TPSA) is 69.4 Å². The standard InChI is InChI=1S/C13H15NO3/c1-2-17-12(15)9-11(13(14)16)8-10-6-4-3-5-7-10/h3-8H,2,9H2,1H3,(H2,14,16)/b11-8-. The fourth-order valence-electron chi connectivity index (χ4n) is 1.33. The smallest absolute Gasteiger partial charge is 0.310 e. The summed E-state index contributed by atoms with van der Waals surface area (Å²) in [5, 5.41) is 0. The Hall–Kier alpha value is -2.10. The van der Waals surface area contributed by atoms with Crippen LogP contribution < -0.4 is 5.73 Å². The third-order valence-electron chi connectivity index (χ3n) is 2.10. The number of hydrogen-bond donors (Lipinski definition) is 1. The highest BCUT2D eigenvalue weighted by molar-refractivity contribution is 6.00. The largest absolute Gasteiger partial charge is 0.466 e. The molecule has 0 radical (unpaired) electrons. The van der Waals surface area contributed by atoms with Gasteiger partial charge in [0.05, 0.1) is 13.0 Å². The molecule has 1 aromatic carbocycles. The molecule has 0 aliphatic carbocycles. The van der Waals surface area contributed by atoms with Crippen LogP contribution in [0.5, 0.6) is 0 Å². The molecule has 0 unspecified atom stereocenters. The van der Waals surface area contributed by atoms with Crippen LogP contribution in [0.25, 0.3) is 6.08 Å². The van der Waals surface area contributed by atoms with Gasteiger partial charge in [0.1, 0.15) is 0 Å². The maximum Gasteiger partial charge on any atom is 0.310 e. The molecule has 0 aliphatic rings. The first-order valence-electron chi connectivity index (χ1n) is 5.34. The van der Waals surface area contributed by atoms with Crippen LogP contribution >= 0.6 is 0 Å². The molecule has 1 amide bonds. The van der Waals surface area contributed by atoms with Crippen LogP contribution in [-0.2, 0) is 14.3 Å². The number of carbonyl (C=O) groups excluding carboxylic acids is 2. The van der Waals surface area contributed by atoms with Crippen molar-refractivity contribution >= 4 is 18.0 Å². The van der Waals surface area contributed by atoms with E-state index in [1.807, 2.05) is 30.3 Å². The van der Waals surface area contributed by atoms with E-state index < -0.39 is 11.9 Å². The highest BCUT2D eigenvalue weighted by atomic mass is 16.5. The lowest BCUT2D eigenvalue weighted by molar-refractivity contribution is -0.142. The first-order valence-corrected chi connectivity index (χ1v) is 5.34. The van der Waals surface area contributed by atoms with Crippen LogP contribution in [0.15, 0.2) is 35.9 Å². The number of nitrogens with two attached hydrogens (primary N) is 1. The van der Waals surface area contributed by atoms with Crippen molar-refractivity contribution in [2.45, 2.75) is 13.3 Å². The molecule has 0 saturated heterocycles. The summed E-state index contributed by atoms with van der Waals surface area (Å²) in [4.78, 5) is 22.5. The molecule has 0 bridgehead atoms. The van der Waals surface area contributed by atoms with Gasteiger partial charge in [-0.05, 0) is 18.6 Å². The van der Waals surface area contributed by atoms with Gasteiger partial charge >= 0.3 is 5.97 Å². The van der Waals surface area contributed by atoms with E-state index in [-0.39, 0.29) is 18.6 Å². The lowest BCUT2D eigenvalue weighted by Gasteiger charge is -2.03. The SMILES string of the molecule is CCOC(=O)C/C(=C/c1ccccc1)C(N)=O. The summed E-state index contributed by atoms with van der Waals surface area (Å²) >= 11 is 0. The van der Waals surface area contributed by atoms with Crippen molar-refractivity contribution in [2.24, 2.45) is 5.73 Å². The quantitative estimate of drug-likeness (QED) is 0.619. The Kier molecular flexibility index (Phi) is 4.94. The van der Waals surface area contributed by atoms with Crippen molar-refractivity contribution in [1.29, 1.82) is 0 Å². The van der Waals surface area contributed by atoms with Crippen LogP contribution in [0, 0.1) is 0 Å². The number of esters is 1. The average molecular weight is 233 g/mol. The molecule has 4 heteroatoms. The second-order valence-electron chi connectivity index (χ2n) is 3.43. The van der Waals surface area contributed by atoms with Gasteiger partial charge in [-0.3, -0.25) is 9.59 Å². The van der Waals surface area contributed by atoms with Gasteiger partial charge in [0, 0.05) is 5.57 Å². The predicted molar refractivity (Wildman–Crippen MR) is 64.9 cm³/mol. The van der Waals surface area contributed by atoms with Crippen LogP contribution in [0.4, 0.5) is 0 Å². The Morgan fingerprint density at radius 3 is 2.47 bits per heavy atom. The molecule has 4 nitrogen and oxygen atoms in total. The molecule has 0 fully saturated rings. The van der Waals surface area contributed by atoms with Gasteiger partial charge in [0.25, 0.3) is 0 Å². The molecule has 17 heavy (non-hydrogen) atoms. The zero-order chi connectivity index (χ0) is 12.7. The minimum Gasteiger partial charge on any atom is -0.466 e. The summed E-state index contributed by atoms with van der Waals surface area (Å²) in [5.74, 6) is -1.06. The summed E-state index contributed by atoms with van der Waals surface area (Å²) in [6.07, 6.45) is 1.50. The van der Waals surface area contributed by atoms with Crippen LogP contribution in [-0.4, -0.2) is 18.5 Å². The third kappa shape index (κ3) is 4.51. The van der Waals surface area contributed by atoms with Gasteiger partial charge in [-0.2, -0.15) is 0 Å². The molecule has 0 spiro atoms. The van der Waals surface area contributed by atoms with Crippen molar-refractivity contribution < 1.29 is 14.3 Å². The van der Waals surface area contributed by atoms with Gasteiger partial charge in [-0.15, -0.1) is 0 Å². The lowest BCUT2D eigenvalue weighted by atomic mass is 10.1. The van der Waals surface area contributed by atoms with Crippen molar-refractivity contribution in [3.63, 3.8) is 0 Å². The summed E-state index contributed by atoms with van der Waals surface area (Å²) in [6.45, 7) is 2.00. The van der Waals surface area contributed by atoms with E-state index in [1.54, 1.807) is 13.0 Å². The van der Waals surface area contributed by atoms with Crippen LogP contribution in [0.1, 0.15) is 18.9 Å². The Balaban J connectivity index is 2.83. The second-order valence-corrected chi connectivity index (χ2v) is 3.43. The zero-order valence-corrected chi connectivity index (χ0v) is 9.68. The van der Waals surface area contributed by atoms with Crippen LogP contribution in [0.2, 0.25) is 0 Å². The molecule has 0 heterocycles. The number of ether oxygens (including phenoxy) is 1. The Labute approximate surface area is 100 Å². The van der Waals surface area contributed by atoms with Crippen molar-refractivity contribution in [3.8, 4) is 0 Å². The molecule has 2 N–H and O–H groups in total. The monoisotopic (exact) mass is 233 g/mol. The normalized spacial score (nSPS) is 11.0. The number of rotatable bonds is 5.